The van der Waals surface area contributed by atoms with Crippen LogP contribution in [-0.4, -0.2) is 47.8 Å². The summed E-state index contributed by atoms with van der Waals surface area (Å²) in [7, 11) is 0. The van der Waals surface area contributed by atoms with E-state index in [2.05, 4.69) is 6.07 Å². The zero-order valence-corrected chi connectivity index (χ0v) is 14.8. The monoisotopic (exact) mass is 379 g/mol. The number of piperazine rings is 1. The van der Waals surface area contributed by atoms with Gasteiger partial charge in [0.15, 0.2) is 0 Å². The lowest BCUT2D eigenvalue weighted by Gasteiger charge is -2.37. The van der Waals surface area contributed by atoms with E-state index in [0.29, 0.717) is 39.0 Å². The number of amides is 2. The predicted octanol–water partition coefficient (Wildman–Crippen LogP) is 3.07. The smallest absolute Gasteiger partial charge is 0.338 e. The Morgan fingerprint density at radius 1 is 0.963 bits per heavy atom. The summed E-state index contributed by atoms with van der Waals surface area (Å²) in [6, 6.07) is 6.32. The third-order valence-electron chi connectivity index (χ3n) is 5.39. The molecule has 0 bridgehead atoms. The van der Waals surface area contributed by atoms with Gasteiger partial charge in [-0.15, -0.1) is 0 Å². The molecule has 0 radical (unpaired) electrons. The second-order valence-electron chi connectivity index (χ2n) is 7.06. The second kappa shape index (κ2) is 7.22. The van der Waals surface area contributed by atoms with Crippen LogP contribution in [0.3, 0.4) is 0 Å². The number of carbonyl (C=O) groups excluding carboxylic acids is 2. The summed E-state index contributed by atoms with van der Waals surface area (Å²) < 4.78 is 37.9. The lowest BCUT2D eigenvalue weighted by atomic mass is 9.86. The van der Waals surface area contributed by atoms with Crippen LogP contribution in [0.1, 0.15) is 41.6 Å². The van der Waals surface area contributed by atoms with Crippen LogP contribution in [0.4, 0.5) is 13.2 Å². The molecule has 8 heteroatoms. The summed E-state index contributed by atoms with van der Waals surface area (Å²) in [5, 5.41) is 9.44. The Bertz CT molecular complexity index is 754. The molecule has 2 fully saturated rings. The normalized spacial score (nSPS) is 19.6. The van der Waals surface area contributed by atoms with Gasteiger partial charge in [0.1, 0.15) is 5.41 Å². The SMILES string of the molecule is N#CC1(C(=O)N2CCN(C(=O)c3ccc(C(F)(F)F)cc3)CC2)CCCC1. The Balaban J connectivity index is 1.61. The van der Waals surface area contributed by atoms with E-state index in [9.17, 15) is 28.0 Å². The minimum absolute atomic E-state index is 0.163. The molecule has 1 heterocycles. The van der Waals surface area contributed by atoms with Gasteiger partial charge < -0.3 is 9.80 Å². The summed E-state index contributed by atoms with van der Waals surface area (Å²) in [5.41, 5.74) is -1.54. The lowest BCUT2D eigenvalue weighted by Crippen LogP contribution is -2.53. The molecule has 0 unspecified atom stereocenters. The molecule has 1 aromatic rings. The van der Waals surface area contributed by atoms with Crippen LogP contribution in [0.5, 0.6) is 0 Å². The largest absolute Gasteiger partial charge is 0.416 e. The summed E-state index contributed by atoms with van der Waals surface area (Å²) in [6.07, 6.45) is -1.55. The van der Waals surface area contributed by atoms with Crippen molar-refractivity contribution in [3.8, 4) is 6.07 Å². The van der Waals surface area contributed by atoms with Gasteiger partial charge in [0.05, 0.1) is 11.6 Å². The number of hydrogen-bond donors (Lipinski definition) is 0. The number of halogens is 3. The highest BCUT2D eigenvalue weighted by molar-refractivity contribution is 5.94. The number of nitriles is 1. The standard InChI is InChI=1S/C19H20F3N3O2/c20-19(21,22)15-5-3-14(4-6-15)16(26)24-9-11-25(12-10-24)17(27)18(13-23)7-1-2-8-18/h3-6H,1-2,7-12H2. The van der Waals surface area contributed by atoms with Gasteiger partial charge >= 0.3 is 6.18 Å². The Hall–Kier alpha value is -2.56. The lowest BCUT2D eigenvalue weighted by molar-refractivity contribution is -0.140. The average molecular weight is 379 g/mol. The molecule has 1 saturated carbocycles. The maximum Gasteiger partial charge on any atom is 0.416 e. The molecule has 1 aromatic carbocycles. The molecule has 0 N–H and O–H groups in total. The van der Waals surface area contributed by atoms with Crippen LogP contribution in [-0.2, 0) is 11.0 Å². The Labute approximate surface area is 155 Å². The van der Waals surface area contributed by atoms with Crippen LogP contribution >= 0.6 is 0 Å². The molecular formula is C19H20F3N3O2. The van der Waals surface area contributed by atoms with Crippen molar-refractivity contribution in [1.29, 1.82) is 5.26 Å². The van der Waals surface area contributed by atoms with Gasteiger partial charge in [-0.05, 0) is 37.1 Å². The summed E-state index contributed by atoms with van der Waals surface area (Å²) in [5.74, 6) is -0.518. The van der Waals surface area contributed by atoms with Gasteiger partial charge in [-0.3, -0.25) is 9.59 Å². The first-order valence-electron chi connectivity index (χ1n) is 8.94. The molecule has 1 aliphatic heterocycles. The highest BCUT2D eigenvalue weighted by Crippen LogP contribution is 2.39. The molecule has 144 valence electrons. The van der Waals surface area contributed by atoms with E-state index in [1.165, 1.54) is 17.0 Å². The number of alkyl halides is 3. The third-order valence-corrected chi connectivity index (χ3v) is 5.39. The molecular weight excluding hydrogens is 359 g/mol. The zero-order chi connectivity index (χ0) is 19.7. The van der Waals surface area contributed by atoms with E-state index < -0.39 is 17.2 Å². The van der Waals surface area contributed by atoms with E-state index in [1.807, 2.05) is 0 Å². The van der Waals surface area contributed by atoms with Crippen LogP contribution < -0.4 is 0 Å². The number of carbonyl (C=O) groups is 2. The first-order chi connectivity index (χ1) is 12.8. The van der Waals surface area contributed by atoms with Gasteiger partial charge in [0.25, 0.3) is 5.91 Å². The second-order valence-corrected chi connectivity index (χ2v) is 7.06. The fourth-order valence-corrected chi connectivity index (χ4v) is 3.75. The van der Waals surface area contributed by atoms with E-state index >= 15 is 0 Å². The molecule has 1 aliphatic carbocycles. The molecule has 1 saturated heterocycles. The maximum atomic E-state index is 12.7. The number of nitrogens with zero attached hydrogens (tertiary/aromatic N) is 3. The van der Waals surface area contributed by atoms with Crippen molar-refractivity contribution in [2.45, 2.75) is 31.9 Å². The van der Waals surface area contributed by atoms with Crippen LogP contribution in [0.25, 0.3) is 0 Å². The van der Waals surface area contributed by atoms with E-state index in [1.54, 1.807) is 4.90 Å². The zero-order valence-electron chi connectivity index (χ0n) is 14.8. The highest BCUT2D eigenvalue weighted by atomic mass is 19.4. The molecule has 2 amide bonds. The molecule has 2 aliphatic rings. The van der Waals surface area contributed by atoms with Crippen molar-refractivity contribution in [1.82, 2.24) is 9.80 Å². The van der Waals surface area contributed by atoms with Crippen LogP contribution in [0.2, 0.25) is 0 Å². The Morgan fingerprint density at radius 2 is 1.48 bits per heavy atom. The maximum absolute atomic E-state index is 12.7. The molecule has 3 rings (SSSR count). The first-order valence-corrected chi connectivity index (χ1v) is 8.94. The van der Waals surface area contributed by atoms with Crippen molar-refractivity contribution < 1.29 is 22.8 Å². The van der Waals surface area contributed by atoms with Crippen molar-refractivity contribution >= 4 is 11.8 Å². The fourth-order valence-electron chi connectivity index (χ4n) is 3.75. The number of hydrogen-bond acceptors (Lipinski definition) is 3. The summed E-state index contributed by atoms with van der Waals surface area (Å²) >= 11 is 0. The quantitative estimate of drug-likeness (QED) is 0.793. The van der Waals surface area contributed by atoms with Crippen LogP contribution in [0.15, 0.2) is 24.3 Å². The van der Waals surface area contributed by atoms with Gasteiger partial charge in [0.2, 0.25) is 5.91 Å². The predicted molar refractivity (Wildman–Crippen MR) is 90.4 cm³/mol. The summed E-state index contributed by atoms with van der Waals surface area (Å²) in [6.45, 7) is 1.25. The van der Waals surface area contributed by atoms with E-state index in [0.717, 1.165) is 25.0 Å². The molecule has 0 spiro atoms. The van der Waals surface area contributed by atoms with Gasteiger partial charge in [-0.25, -0.2) is 0 Å². The minimum Gasteiger partial charge on any atom is -0.338 e. The summed E-state index contributed by atoms with van der Waals surface area (Å²) in [4.78, 5) is 28.4. The van der Waals surface area contributed by atoms with Gasteiger partial charge in [-0.1, -0.05) is 12.8 Å². The van der Waals surface area contributed by atoms with Gasteiger partial charge in [-0.2, -0.15) is 18.4 Å². The van der Waals surface area contributed by atoms with E-state index in [-0.39, 0.29) is 17.4 Å². The molecule has 0 aromatic heterocycles. The average Bonchev–Trinajstić information content (AvgIpc) is 3.17. The number of rotatable bonds is 2. The number of benzene rings is 1. The Morgan fingerprint density at radius 3 is 1.96 bits per heavy atom. The molecule has 0 atom stereocenters. The fraction of sp³-hybridized carbons (Fsp3) is 0.526. The van der Waals surface area contributed by atoms with Crippen molar-refractivity contribution in [3.63, 3.8) is 0 Å². The topological polar surface area (TPSA) is 64.4 Å². The highest BCUT2D eigenvalue weighted by Gasteiger charge is 2.44. The van der Waals surface area contributed by atoms with Gasteiger partial charge in [0, 0.05) is 31.7 Å². The van der Waals surface area contributed by atoms with Crippen molar-refractivity contribution in [3.05, 3.63) is 35.4 Å². The minimum atomic E-state index is -4.44. The Kier molecular flexibility index (Phi) is 5.13. The molecule has 27 heavy (non-hydrogen) atoms. The molecule has 5 nitrogen and oxygen atoms in total. The van der Waals surface area contributed by atoms with Crippen molar-refractivity contribution in [2.24, 2.45) is 5.41 Å². The van der Waals surface area contributed by atoms with E-state index in [4.69, 9.17) is 0 Å². The van der Waals surface area contributed by atoms with Crippen molar-refractivity contribution in [2.75, 3.05) is 26.2 Å². The first kappa shape index (κ1) is 19.2. The third kappa shape index (κ3) is 3.77. The van der Waals surface area contributed by atoms with Crippen LogP contribution in [0, 0.1) is 16.7 Å².